The van der Waals surface area contributed by atoms with Crippen molar-refractivity contribution in [1.29, 1.82) is 0 Å². The van der Waals surface area contributed by atoms with Crippen molar-refractivity contribution in [2.75, 3.05) is 19.0 Å². The predicted molar refractivity (Wildman–Crippen MR) is 85.0 cm³/mol. The maximum absolute atomic E-state index is 13.7. The number of carbonyl (C=O) groups excluding carboxylic acids is 2. The number of esters is 1. The van der Waals surface area contributed by atoms with E-state index < -0.39 is 11.8 Å². The number of ketones is 1. The second kappa shape index (κ2) is 6.61. The van der Waals surface area contributed by atoms with E-state index in [1.54, 1.807) is 17.0 Å². The number of nitrogens with one attached hydrogen (secondary N) is 1. The topological polar surface area (TPSA) is 85.6 Å². The van der Waals surface area contributed by atoms with Crippen LogP contribution in [0.4, 0.5) is 10.2 Å². The first kappa shape index (κ1) is 15.9. The smallest absolute Gasteiger partial charge is 0.340 e. The van der Waals surface area contributed by atoms with Crippen LogP contribution >= 0.6 is 0 Å². The van der Waals surface area contributed by atoms with Gasteiger partial charge in [0.1, 0.15) is 18.2 Å². The fraction of sp³-hybridized carbons (Fsp3) is 0.250. The third-order valence-electron chi connectivity index (χ3n) is 3.71. The van der Waals surface area contributed by atoms with Crippen molar-refractivity contribution >= 4 is 23.9 Å². The molecule has 124 valence electrons. The molecule has 2 aromatic rings. The van der Waals surface area contributed by atoms with Crippen LogP contribution < -0.4 is 5.32 Å². The van der Waals surface area contributed by atoms with E-state index in [0.29, 0.717) is 24.5 Å². The van der Waals surface area contributed by atoms with Crippen LogP contribution in [0.15, 0.2) is 29.5 Å². The van der Waals surface area contributed by atoms with Gasteiger partial charge in [-0.3, -0.25) is 9.79 Å². The summed E-state index contributed by atoms with van der Waals surface area (Å²) in [6.45, 7) is 0.570. The number of aromatic nitrogens is 2. The van der Waals surface area contributed by atoms with Crippen molar-refractivity contribution in [3.05, 3.63) is 47.2 Å². The van der Waals surface area contributed by atoms with Gasteiger partial charge in [0.15, 0.2) is 5.69 Å². The van der Waals surface area contributed by atoms with E-state index in [0.717, 1.165) is 5.56 Å². The molecule has 1 aromatic heterocycles. The number of ether oxygens (including phenoxy) is 1. The van der Waals surface area contributed by atoms with Crippen LogP contribution in [0.3, 0.4) is 0 Å². The van der Waals surface area contributed by atoms with Crippen LogP contribution in [0.1, 0.15) is 26.4 Å². The number of methoxy groups -OCH3 is 1. The first-order chi connectivity index (χ1) is 11.6. The van der Waals surface area contributed by atoms with E-state index in [4.69, 9.17) is 0 Å². The Balaban J connectivity index is 1.79. The molecule has 0 atom stereocenters. The minimum atomic E-state index is -0.714. The minimum absolute atomic E-state index is 0.0669. The lowest BCUT2D eigenvalue weighted by Gasteiger charge is -2.09. The van der Waals surface area contributed by atoms with Gasteiger partial charge < -0.3 is 14.6 Å². The summed E-state index contributed by atoms with van der Waals surface area (Å²) < 4.78 is 20.0. The Morgan fingerprint density at radius 2 is 2.29 bits per heavy atom. The Morgan fingerprint density at radius 1 is 1.46 bits per heavy atom. The van der Waals surface area contributed by atoms with Crippen molar-refractivity contribution in [3.8, 4) is 0 Å². The number of aryl methyl sites for hydroxylation is 2. The molecule has 0 radical (unpaired) electrons. The molecular formula is C16H15FN4O3. The molecule has 8 heteroatoms. The van der Waals surface area contributed by atoms with Crippen molar-refractivity contribution in [2.24, 2.45) is 4.99 Å². The predicted octanol–water partition coefficient (Wildman–Crippen LogP) is 1.69. The zero-order valence-electron chi connectivity index (χ0n) is 13.0. The lowest BCUT2D eigenvalue weighted by Crippen LogP contribution is -2.09. The van der Waals surface area contributed by atoms with Gasteiger partial charge in [0.25, 0.3) is 0 Å². The van der Waals surface area contributed by atoms with Gasteiger partial charge >= 0.3 is 5.97 Å². The Bertz CT molecular complexity index is 829. The Morgan fingerprint density at radius 3 is 3.08 bits per heavy atom. The van der Waals surface area contributed by atoms with Crippen LogP contribution in [0.5, 0.6) is 0 Å². The van der Waals surface area contributed by atoms with Crippen molar-refractivity contribution in [2.45, 2.75) is 13.0 Å². The molecule has 3 rings (SSSR count). The fourth-order valence-electron chi connectivity index (χ4n) is 2.46. The third-order valence-corrected chi connectivity index (χ3v) is 3.71. The van der Waals surface area contributed by atoms with E-state index in [1.165, 1.54) is 25.6 Å². The van der Waals surface area contributed by atoms with Gasteiger partial charge in [0, 0.05) is 6.54 Å². The maximum Gasteiger partial charge on any atom is 0.340 e. The second-order valence-corrected chi connectivity index (χ2v) is 5.23. The van der Waals surface area contributed by atoms with Gasteiger partial charge in [-0.1, -0.05) is 6.07 Å². The molecule has 0 unspecified atom stereocenters. The molecule has 1 aliphatic heterocycles. The molecule has 0 saturated carbocycles. The molecule has 1 aromatic carbocycles. The molecule has 1 aliphatic rings. The van der Waals surface area contributed by atoms with Crippen molar-refractivity contribution in [1.82, 2.24) is 9.55 Å². The third kappa shape index (κ3) is 3.03. The number of benzene rings is 1. The largest absolute Gasteiger partial charge is 0.465 e. The summed E-state index contributed by atoms with van der Waals surface area (Å²) in [5.41, 5.74) is 1.02. The highest BCUT2D eigenvalue weighted by molar-refractivity contribution is 6.04. The number of fused-ring (bicyclic) bond motifs is 1. The lowest BCUT2D eigenvalue weighted by molar-refractivity contribution is 0.0595. The highest BCUT2D eigenvalue weighted by Crippen LogP contribution is 2.18. The number of anilines is 1. The number of halogens is 1. The summed E-state index contributed by atoms with van der Waals surface area (Å²) in [6.07, 6.45) is 3.56. The van der Waals surface area contributed by atoms with Gasteiger partial charge in [-0.15, -0.1) is 0 Å². The number of hydrogen-bond donors (Lipinski definition) is 1. The molecule has 24 heavy (non-hydrogen) atoms. The lowest BCUT2D eigenvalue weighted by atomic mass is 10.1. The molecule has 1 N–H and O–H groups in total. The normalized spacial score (nSPS) is 13.2. The fourth-order valence-corrected chi connectivity index (χ4v) is 2.46. The van der Waals surface area contributed by atoms with E-state index in [-0.39, 0.29) is 17.9 Å². The zero-order chi connectivity index (χ0) is 17.1. The molecule has 0 aliphatic carbocycles. The van der Waals surface area contributed by atoms with E-state index in [2.05, 4.69) is 20.0 Å². The van der Waals surface area contributed by atoms with Gasteiger partial charge in [-0.2, -0.15) is 0 Å². The molecular weight excluding hydrogens is 315 g/mol. The van der Waals surface area contributed by atoms with Crippen molar-refractivity contribution in [3.63, 3.8) is 0 Å². The number of carbonyl (C=O) groups is 2. The molecule has 7 nitrogen and oxygen atoms in total. The van der Waals surface area contributed by atoms with Gasteiger partial charge in [-0.05, 0) is 24.1 Å². The van der Waals surface area contributed by atoms with Gasteiger partial charge in [0.05, 0.1) is 25.3 Å². The van der Waals surface area contributed by atoms with E-state index >= 15 is 0 Å². The minimum Gasteiger partial charge on any atom is -0.465 e. The Hall–Kier alpha value is -3.03. The highest BCUT2D eigenvalue weighted by atomic mass is 19.1. The monoisotopic (exact) mass is 330 g/mol. The Labute approximate surface area is 137 Å². The average molecular weight is 330 g/mol. The van der Waals surface area contributed by atoms with Crippen LogP contribution in [-0.2, 0) is 17.7 Å². The van der Waals surface area contributed by atoms with Crippen LogP contribution in [0, 0.1) is 5.82 Å². The van der Waals surface area contributed by atoms with E-state index in [1.807, 2.05) is 0 Å². The summed E-state index contributed by atoms with van der Waals surface area (Å²) in [5.74, 6) is -0.906. The number of Topliss-reactive ketones (excluding diaryl/α,β-unsaturated/α-hetero) is 1. The van der Waals surface area contributed by atoms with Crippen molar-refractivity contribution < 1.29 is 18.7 Å². The number of rotatable bonds is 4. The van der Waals surface area contributed by atoms with E-state index in [9.17, 15) is 14.0 Å². The molecule has 0 saturated heterocycles. The van der Waals surface area contributed by atoms with Crippen LogP contribution in [0.25, 0.3) is 0 Å². The molecule has 0 amide bonds. The second-order valence-electron chi connectivity index (χ2n) is 5.23. The zero-order valence-corrected chi connectivity index (χ0v) is 13.0. The summed E-state index contributed by atoms with van der Waals surface area (Å²) in [6, 6.07) is 4.32. The van der Waals surface area contributed by atoms with Crippen LogP contribution in [0.2, 0.25) is 0 Å². The first-order valence-corrected chi connectivity index (χ1v) is 7.30. The molecule has 0 fully saturated rings. The number of nitrogens with zero attached hydrogens (tertiary/aromatic N) is 3. The first-order valence-electron chi connectivity index (χ1n) is 7.30. The van der Waals surface area contributed by atoms with Gasteiger partial charge in [-0.25, -0.2) is 14.2 Å². The summed E-state index contributed by atoms with van der Waals surface area (Å²) in [5, 5.41) is 2.94. The number of hydrogen-bond acceptors (Lipinski definition) is 6. The number of aliphatic imine (C=N–C) groups is 1. The SMILES string of the molecule is COC(=O)c1cc(CCn2cnc3c2NC=NCC3=O)ccc1F. The van der Waals surface area contributed by atoms with Gasteiger partial charge in [0.2, 0.25) is 5.78 Å². The van der Waals surface area contributed by atoms with Crippen LogP contribution in [-0.4, -0.2) is 41.3 Å². The average Bonchev–Trinajstić information content (AvgIpc) is 2.90. The Kier molecular flexibility index (Phi) is 4.37. The number of imidazole rings is 1. The summed E-state index contributed by atoms with van der Waals surface area (Å²) in [4.78, 5) is 31.4. The standard InChI is InChI=1S/C16H15FN4O3/c1-24-16(23)11-6-10(2-3-12(11)17)4-5-21-9-20-14-13(22)7-18-8-19-15(14)21/h2-3,6,8-9H,4-5,7H2,1H3,(H,18,19). The highest BCUT2D eigenvalue weighted by Gasteiger charge is 2.19. The summed E-state index contributed by atoms with van der Waals surface area (Å²) in [7, 11) is 1.21. The molecule has 0 spiro atoms. The maximum atomic E-state index is 13.7. The summed E-state index contributed by atoms with van der Waals surface area (Å²) >= 11 is 0. The molecule has 2 heterocycles. The molecule has 0 bridgehead atoms. The quantitative estimate of drug-likeness (QED) is 0.862.